The van der Waals surface area contributed by atoms with Gasteiger partial charge in [0.15, 0.2) is 0 Å². The molecule has 2 aliphatic rings. The molecule has 1 atom stereocenters. The number of hydrogen-bond donors (Lipinski definition) is 2. The molecule has 2 heterocycles. The van der Waals surface area contributed by atoms with Gasteiger partial charge in [-0.25, -0.2) is 0 Å². The highest BCUT2D eigenvalue weighted by Gasteiger charge is 2.17. The zero-order chi connectivity index (χ0) is 14.2. The van der Waals surface area contributed by atoms with Gasteiger partial charge in [0.25, 0.3) is 0 Å². The fourth-order valence-corrected chi connectivity index (χ4v) is 3.33. The molecule has 20 heavy (non-hydrogen) atoms. The minimum Gasteiger partial charge on any atom is -0.356 e. The standard InChI is InChI=1S/C16H31N3O/c1-19-12-8-14(9-13-19)7-11-18-16(20)6-5-15-4-2-3-10-17-15/h14-15,17H,2-13H2,1H3,(H,18,20). The molecule has 1 amide bonds. The Kier molecular flexibility index (Phi) is 6.80. The monoisotopic (exact) mass is 281 g/mol. The Morgan fingerprint density at radius 2 is 2.00 bits per heavy atom. The molecule has 0 bridgehead atoms. The predicted octanol–water partition coefficient (Wildman–Crippen LogP) is 1.76. The zero-order valence-corrected chi connectivity index (χ0v) is 13.0. The molecule has 0 aromatic heterocycles. The summed E-state index contributed by atoms with van der Waals surface area (Å²) < 4.78 is 0. The Morgan fingerprint density at radius 3 is 2.70 bits per heavy atom. The fourth-order valence-electron chi connectivity index (χ4n) is 3.33. The van der Waals surface area contributed by atoms with Gasteiger partial charge in [-0.1, -0.05) is 6.42 Å². The maximum absolute atomic E-state index is 11.8. The number of carbonyl (C=O) groups excluding carboxylic acids is 1. The second-order valence-corrected chi connectivity index (χ2v) is 6.57. The number of likely N-dealkylation sites (tertiary alicyclic amines) is 1. The Morgan fingerprint density at radius 1 is 1.20 bits per heavy atom. The number of carbonyl (C=O) groups is 1. The summed E-state index contributed by atoms with van der Waals surface area (Å²) in [7, 11) is 2.19. The molecule has 0 aromatic rings. The molecule has 0 saturated carbocycles. The van der Waals surface area contributed by atoms with Crippen LogP contribution in [-0.4, -0.2) is 50.1 Å². The number of amides is 1. The molecular weight excluding hydrogens is 250 g/mol. The van der Waals surface area contributed by atoms with Gasteiger partial charge in [0.05, 0.1) is 0 Å². The summed E-state index contributed by atoms with van der Waals surface area (Å²) in [4.78, 5) is 14.2. The second kappa shape index (κ2) is 8.63. The van der Waals surface area contributed by atoms with Gasteiger partial charge in [-0.05, 0) is 71.1 Å². The highest BCUT2D eigenvalue weighted by atomic mass is 16.1. The van der Waals surface area contributed by atoms with Crippen LogP contribution in [0.1, 0.15) is 51.4 Å². The number of hydrogen-bond acceptors (Lipinski definition) is 3. The van der Waals surface area contributed by atoms with Crippen LogP contribution in [0.4, 0.5) is 0 Å². The molecule has 0 spiro atoms. The van der Waals surface area contributed by atoms with Crippen molar-refractivity contribution in [3.8, 4) is 0 Å². The third kappa shape index (κ3) is 5.80. The van der Waals surface area contributed by atoms with E-state index in [1.165, 1.54) is 45.2 Å². The van der Waals surface area contributed by atoms with Gasteiger partial charge in [-0.2, -0.15) is 0 Å². The minimum atomic E-state index is 0.241. The van der Waals surface area contributed by atoms with Crippen molar-refractivity contribution >= 4 is 5.91 Å². The highest BCUT2D eigenvalue weighted by molar-refractivity contribution is 5.75. The van der Waals surface area contributed by atoms with Crippen LogP contribution in [0.2, 0.25) is 0 Å². The van der Waals surface area contributed by atoms with E-state index in [2.05, 4.69) is 22.6 Å². The maximum atomic E-state index is 11.8. The van der Waals surface area contributed by atoms with E-state index in [1.807, 2.05) is 0 Å². The van der Waals surface area contributed by atoms with Gasteiger partial charge in [-0.3, -0.25) is 4.79 Å². The normalized spacial score (nSPS) is 25.6. The van der Waals surface area contributed by atoms with Gasteiger partial charge < -0.3 is 15.5 Å². The summed E-state index contributed by atoms with van der Waals surface area (Å²) in [6.07, 6.45) is 9.26. The van der Waals surface area contributed by atoms with Crippen molar-refractivity contribution in [2.45, 2.75) is 57.4 Å². The Labute approximate surface area is 123 Å². The van der Waals surface area contributed by atoms with Crippen LogP contribution in [0.15, 0.2) is 0 Å². The number of nitrogens with zero attached hydrogens (tertiary/aromatic N) is 1. The SMILES string of the molecule is CN1CCC(CCNC(=O)CCC2CCCCN2)CC1. The average molecular weight is 281 g/mol. The summed E-state index contributed by atoms with van der Waals surface area (Å²) in [5.74, 6) is 1.05. The smallest absolute Gasteiger partial charge is 0.220 e. The second-order valence-electron chi connectivity index (χ2n) is 6.57. The first-order valence-electron chi connectivity index (χ1n) is 8.42. The maximum Gasteiger partial charge on any atom is 0.220 e. The predicted molar refractivity (Wildman–Crippen MR) is 82.7 cm³/mol. The molecular formula is C16H31N3O. The van der Waals surface area contributed by atoms with E-state index in [-0.39, 0.29) is 5.91 Å². The molecule has 0 radical (unpaired) electrons. The van der Waals surface area contributed by atoms with E-state index in [1.54, 1.807) is 0 Å². The van der Waals surface area contributed by atoms with Crippen molar-refractivity contribution in [2.75, 3.05) is 33.2 Å². The first-order valence-corrected chi connectivity index (χ1v) is 8.42. The third-order valence-corrected chi connectivity index (χ3v) is 4.85. The van der Waals surface area contributed by atoms with Crippen LogP contribution in [0.5, 0.6) is 0 Å². The van der Waals surface area contributed by atoms with Gasteiger partial charge in [-0.15, -0.1) is 0 Å². The number of nitrogens with one attached hydrogen (secondary N) is 2. The van der Waals surface area contributed by atoms with Crippen LogP contribution in [0.3, 0.4) is 0 Å². The van der Waals surface area contributed by atoms with Crippen LogP contribution in [0, 0.1) is 5.92 Å². The minimum absolute atomic E-state index is 0.241. The van der Waals surface area contributed by atoms with E-state index < -0.39 is 0 Å². The van der Waals surface area contributed by atoms with Crippen LogP contribution in [0.25, 0.3) is 0 Å². The van der Waals surface area contributed by atoms with Crippen LogP contribution in [-0.2, 0) is 4.79 Å². The van der Waals surface area contributed by atoms with E-state index in [4.69, 9.17) is 0 Å². The molecule has 4 nitrogen and oxygen atoms in total. The lowest BCUT2D eigenvalue weighted by Gasteiger charge is -2.28. The Bertz CT molecular complexity index is 281. The lowest BCUT2D eigenvalue weighted by Crippen LogP contribution is -2.36. The first kappa shape index (κ1) is 15.8. The largest absolute Gasteiger partial charge is 0.356 e. The summed E-state index contributed by atoms with van der Waals surface area (Å²) >= 11 is 0. The van der Waals surface area contributed by atoms with Gasteiger partial charge in [0.2, 0.25) is 5.91 Å². The van der Waals surface area contributed by atoms with Crippen LogP contribution < -0.4 is 10.6 Å². The third-order valence-electron chi connectivity index (χ3n) is 4.85. The molecule has 4 heteroatoms. The number of piperidine rings is 2. The van der Waals surface area contributed by atoms with Crippen molar-refractivity contribution in [3.05, 3.63) is 0 Å². The molecule has 2 rings (SSSR count). The average Bonchev–Trinajstić information content (AvgIpc) is 2.48. The van der Waals surface area contributed by atoms with Crippen LogP contribution >= 0.6 is 0 Å². The Balaban J connectivity index is 1.49. The van der Waals surface area contributed by atoms with E-state index in [9.17, 15) is 4.79 Å². The molecule has 0 aliphatic carbocycles. The molecule has 2 fully saturated rings. The first-order chi connectivity index (χ1) is 9.74. The quantitative estimate of drug-likeness (QED) is 0.780. The molecule has 116 valence electrons. The molecule has 0 aromatic carbocycles. The molecule has 2 saturated heterocycles. The van der Waals surface area contributed by atoms with Crippen molar-refractivity contribution in [1.82, 2.24) is 15.5 Å². The molecule has 1 unspecified atom stereocenters. The fraction of sp³-hybridized carbons (Fsp3) is 0.938. The lowest BCUT2D eigenvalue weighted by atomic mass is 9.94. The molecule has 2 N–H and O–H groups in total. The van der Waals surface area contributed by atoms with Crippen molar-refractivity contribution in [3.63, 3.8) is 0 Å². The van der Waals surface area contributed by atoms with E-state index >= 15 is 0 Å². The number of rotatable bonds is 6. The Hall–Kier alpha value is -0.610. The van der Waals surface area contributed by atoms with Gasteiger partial charge >= 0.3 is 0 Å². The molecule has 2 aliphatic heterocycles. The van der Waals surface area contributed by atoms with Crippen molar-refractivity contribution in [2.24, 2.45) is 5.92 Å². The summed E-state index contributed by atoms with van der Waals surface area (Å²) in [5.41, 5.74) is 0. The zero-order valence-electron chi connectivity index (χ0n) is 13.0. The van der Waals surface area contributed by atoms with E-state index in [0.717, 1.165) is 31.8 Å². The van der Waals surface area contributed by atoms with Crippen molar-refractivity contribution < 1.29 is 4.79 Å². The summed E-state index contributed by atoms with van der Waals surface area (Å²) in [6.45, 7) is 4.42. The summed E-state index contributed by atoms with van der Waals surface area (Å²) in [5, 5.41) is 6.60. The highest BCUT2D eigenvalue weighted by Crippen LogP contribution is 2.18. The van der Waals surface area contributed by atoms with Gasteiger partial charge in [0.1, 0.15) is 0 Å². The van der Waals surface area contributed by atoms with Crippen molar-refractivity contribution in [1.29, 1.82) is 0 Å². The van der Waals surface area contributed by atoms with E-state index in [0.29, 0.717) is 12.5 Å². The summed E-state index contributed by atoms with van der Waals surface area (Å²) in [6, 6.07) is 0.573. The topological polar surface area (TPSA) is 44.4 Å². The lowest BCUT2D eigenvalue weighted by molar-refractivity contribution is -0.121. The van der Waals surface area contributed by atoms with Gasteiger partial charge in [0, 0.05) is 19.0 Å².